The minimum atomic E-state index is -0.550. The van der Waals surface area contributed by atoms with Crippen molar-refractivity contribution in [3.8, 4) is 0 Å². The molecule has 2 amide bonds. The lowest BCUT2D eigenvalue weighted by atomic mass is 10.00. The van der Waals surface area contributed by atoms with Gasteiger partial charge in [0.25, 0.3) is 0 Å². The predicted molar refractivity (Wildman–Crippen MR) is 137 cm³/mol. The van der Waals surface area contributed by atoms with Crippen molar-refractivity contribution in [2.24, 2.45) is 0 Å². The number of benzene rings is 3. The molecule has 0 aromatic heterocycles. The highest BCUT2D eigenvalue weighted by atomic mass is 35.5. The standard InChI is InChI=1S/C27H30Cl2N2O2/c1-3-16-30-27(33)25(4-2)31(18-19-12-14-23(28)24(29)17-19)26(32)15-13-21-10-7-9-20-8-5-6-11-22(20)21/h5-12,14,17,25H,3-4,13,15-16,18H2,1-2H3,(H,30,33)/t25-/m1/s1. The van der Waals surface area contributed by atoms with Crippen molar-refractivity contribution < 1.29 is 9.59 Å². The number of amides is 2. The Morgan fingerprint density at radius 2 is 1.73 bits per heavy atom. The molecule has 6 heteroatoms. The first-order valence-electron chi connectivity index (χ1n) is 11.4. The molecular formula is C27H30Cl2N2O2. The summed E-state index contributed by atoms with van der Waals surface area (Å²) < 4.78 is 0. The number of hydrogen-bond acceptors (Lipinski definition) is 2. The van der Waals surface area contributed by atoms with Gasteiger partial charge in [-0.1, -0.05) is 85.6 Å². The Hall–Kier alpha value is -2.56. The van der Waals surface area contributed by atoms with Gasteiger partial charge in [0.15, 0.2) is 0 Å². The molecule has 0 fully saturated rings. The van der Waals surface area contributed by atoms with Crippen LogP contribution in [0.25, 0.3) is 10.8 Å². The molecule has 3 rings (SSSR count). The number of carbonyl (C=O) groups excluding carboxylic acids is 2. The highest BCUT2D eigenvalue weighted by molar-refractivity contribution is 6.42. The third kappa shape index (κ3) is 6.49. The first-order valence-corrected chi connectivity index (χ1v) is 12.2. The van der Waals surface area contributed by atoms with E-state index in [9.17, 15) is 9.59 Å². The third-order valence-corrected chi connectivity index (χ3v) is 6.50. The van der Waals surface area contributed by atoms with E-state index in [1.54, 1.807) is 17.0 Å². The van der Waals surface area contributed by atoms with Crippen LogP contribution in [0, 0.1) is 0 Å². The normalized spacial score (nSPS) is 11.9. The van der Waals surface area contributed by atoms with Gasteiger partial charge >= 0.3 is 0 Å². The summed E-state index contributed by atoms with van der Waals surface area (Å²) in [6, 6.07) is 19.1. The van der Waals surface area contributed by atoms with E-state index in [0.717, 1.165) is 28.3 Å². The fourth-order valence-corrected chi connectivity index (χ4v) is 4.34. The molecule has 0 unspecified atom stereocenters. The Labute approximate surface area is 205 Å². The number of aryl methyl sites for hydroxylation is 1. The molecule has 1 atom stereocenters. The molecular weight excluding hydrogens is 455 g/mol. The molecule has 174 valence electrons. The topological polar surface area (TPSA) is 49.4 Å². The van der Waals surface area contributed by atoms with Gasteiger partial charge in [-0.25, -0.2) is 0 Å². The van der Waals surface area contributed by atoms with E-state index in [0.29, 0.717) is 42.4 Å². The Morgan fingerprint density at radius 3 is 2.45 bits per heavy atom. The van der Waals surface area contributed by atoms with Crippen LogP contribution >= 0.6 is 23.2 Å². The van der Waals surface area contributed by atoms with Crippen molar-refractivity contribution >= 4 is 45.8 Å². The maximum absolute atomic E-state index is 13.5. The van der Waals surface area contributed by atoms with Crippen LogP contribution in [-0.4, -0.2) is 29.3 Å². The minimum Gasteiger partial charge on any atom is -0.354 e. The molecule has 0 spiro atoms. The highest BCUT2D eigenvalue weighted by Gasteiger charge is 2.28. The van der Waals surface area contributed by atoms with E-state index in [1.165, 1.54) is 0 Å². The monoisotopic (exact) mass is 484 g/mol. The summed E-state index contributed by atoms with van der Waals surface area (Å²) in [4.78, 5) is 28.0. The van der Waals surface area contributed by atoms with Gasteiger partial charge in [-0.05, 0) is 53.3 Å². The zero-order chi connectivity index (χ0) is 23.8. The summed E-state index contributed by atoms with van der Waals surface area (Å²) in [5.74, 6) is -0.189. The van der Waals surface area contributed by atoms with Crippen molar-refractivity contribution in [2.45, 2.75) is 52.1 Å². The van der Waals surface area contributed by atoms with Crippen molar-refractivity contribution in [2.75, 3.05) is 6.54 Å². The number of fused-ring (bicyclic) bond motifs is 1. The number of nitrogens with zero attached hydrogens (tertiary/aromatic N) is 1. The SMILES string of the molecule is CCCNC(=O)[C@@H](CC)N(Cc1ccc(Cl)c(Cl)c1)C(=O)CCc1cccc2ccccc12. The van der Waals surface area contributed by atoms with Crippen molar-refractivity contribution in [3.63, 3.8) is 0 Å². The van der Waals surface area contributed by atoms with Gasteiger partial charge in [-0.2, -0.15) is 0 Å². The molecule has 0 heterocycles. The Morgan fingerprint density at radius 1 is 0.970 bits per heavy atom. The highest BCUT2D eigenvalue weighted by Crippen LogP contribution is 2.25. The molecule has 33 heavy (non-hydrogen) atoms. The second-order valence-electron chi connectivity index (χ2n) is 8.12. The molecule has 0 aliphatic carbocycles. The zero-order valence-corrected chi connectivity index (χ0v) is 20.6. The fourth-order valence-electron chi connectivity index (χ4n) is 4.02. The second kappa shape index (κ2) is 12.1. The van der Waals surface area contributed by atoms with Crippen LogP contribution in [0.1, 0.15) is 44.2 Å². The largest absolute Gasteiger partial charge is 0.354 e. The van der Waals surface area contributed by atoms with Crippen LogP contribution in [-0.2, 0) is 22.6 Å². The Kier molecular flexibility index (Phi) is 9.16. The molecule has 0 saturated heterocycles. The summed E-state index contributed by atoms with van der Waals surface area (Å²) in [7, 11) is 0. The lowest BCUT2D eigenvalue weighted by Gasteiger charge is -2.31. The summed E-state index contributed by atoms with van der Waals surface area (Å²) in [6.45, 7) is 4.81. The van der Waals surface area contributed by atoms with Crippen LogP contribution in [0.5, 0.6) is 0 Å². The molecule has 1 N–H and O–H groups in total. The molecule has 3 aromatic rings. The quantitative estimate of drug-likeness (QED) is 0.361. The van der Waals surface area contributed by atoms with Crippen molar-refractivity contribution in [3.05, 3.63) is 81.8 Å². The molecule has 0 bridgehead atoms. The summed E-state index contributed by atoms with van der Waals surface area (Å²) in [6.07, 6.45) is 2.28. The van der Waals surface area contributed by atoms with Crippen molar-refractivity contribution in [1.29, 1.82) is 0 Å². The van der Waals surface area contributed by atoms with E-state index < -0.39 is 6.04 Å². The molecule has 3 aromatic carbocycles. The number of hydrogen-bond donors (Lipinski definition) is 1. The summed E-state index contributed by atoms with van der Waals surface area (Å²) in [5, 5.41) is 6.14. The van der Waals surface area contributed by atoms with Crippen molar-refractivity contribution in [1.82, 2.24) is 10.2 Å². The molecule has 0 aliphatic heterocycles. The van der Waals surface area contributed by atoms with Gasteiger partial charge in [-0.3, -0.25) is 9.59 Å². The van der Waals surface area contributed by atoms with Crippen LogP contribution in [0.3, 0.4) is 0 Å². The van der Waals surface area contributed by atoms with E-state index in [2.05, 4.69) is 29.6 Å². The molecule has 0 saturated carbocycles. The Balaban J connectivity index is 1.83. The summed E-state index contributed by atoms with van der Waals surface area (Å²) in [5.41, 5.74) is 1.96. The number of halogens is 2. The average molecular weight is 485 g/mol. The predicted octanol–water partition coefficient (Wildman–Crippen LogP) is 6.41. The number of carbonyl (C=O) groups is 2. The molecule has 0 aliphatic rings. The first-order chi connectivity index (χ1) is 15.9. The maximum atomic E-state index is 13.5. The first kappa shape index (κ1) is 25.1. The van der Waals surface area contributed by atoms with Gasteiger partial charge in [0.2, 0.25) is 11.8 Å². The van der Waals surface area contributed by atoms with E-state index in [1.807, 2.05) is 38.1 Å². The van der Waals surface area contributed by atoms with E-state index in [-0.39, 0.29) is 11.8 Å². The summed E-state index contributed by atoms with van der Waals surface area (Å²) >= 11 is 12.3. The van der Waals surface area contributed by atoms with Gasteiger partial charge in [-0.15, -0.1) is 0 Å². The lowest BCUT2D eigenvalue weighted by Crippen LogP contribution is -2.49. The van der Waals surface area contributed by atoms with Crippen LogP contribution in [0.15, 0.2) is 60.7 Å². The maximum Gasteiger partial charge on any atom is 0.242 e. The van der Waals surface area contributed by atoms with Crippen LogP contribution in [0.4, 0.5) is 0 Å². The van der Waals surface area contributed by atoms with Gasteiger partial charge in [0.05, 0.1) is 10.0 Å². The van der Waals surface area contributed by atoms with Gasteiger partial charge in [0.1, 0.15) is 6.04 Å². The van der Waals surface area contributed by atoms with Gasteiger partial charge in [0, 0.05) is 19.5 Å². The average Bonchev–Trinajstić information content (AvgIpc) is 2.83. The van der Waals surface area contributed by atoms with Crippen LogP contribution in [0.2, 0.25) is 10.0 Å². The zero-order valence-electron chi connectivity index (χ0n) is 19.1. The van der Waals surface area contributed by atoms with Crippen LogP contribution < -0.4 is 5.32 Å². The molecule has 4 nitrogen and oxygen atoms in total. The Bertz CT molecular complexity index is 1110. The number of nitrogens with one attached hydrogen (secondary N) is 1. The van der Waals surface area contributed by atoms with E-state index >= 15 is 0 Å². The van der Waals surface area contributed by atoms with Gasteiger partial charge < -0.3 is 10.2 Å². The molecule has 0 radical (unpaired) electrons. The van der Waals surface area contributed by atoms with E-state index in [4.69, 9.17) is 23.2 Å². The third-order valence-electron chi connectivity index (χ3n) is 5.76. The smallest absolute Gasteiger partial charge is 0.242 e. The minimum absolute atomic E-state index is 0.0625. The second-order valence-corrected chi connectivity index (χ2v) is 8.94. The fraction of sp³-hybridized carbons (Fsp3) is 0.333. The number of rotatable bonds is 10. The lowest BCUT2D eigenvalue weighted by molar-refractivity contribution is -0.141.